The highest BCUT2D eigenvalue weighted by Crippen LogP contribution is 2.34. The lowest BCUT2D eigenvalue weighted by atomic mass is 10.0. The van der Waals surface area contributed by atoms with Crippen molar-refractivity contribution >= 4 is 0 Å². The lowest BCUT2D eigenvalue weighted by Gasteiger charge is -2.08. The number of hydrogen-bond acceptors (Lipinski definition) is 1. The Morgan fingerprint density at radius 3 is 2.57 bits per heavy atom. The summed E-state index contributed by atoms with van der Waals surface area (Å²) in [5.74, 6) is -0.403. The van der Waals surface area contributed by atoms with Crippen LogP contribution in [0.15, 0.2) is 12.1 Å². The predicted octanol–water partition coefficient (Wildman–Crippen LogP) is 2.38. The molecule has 1 fully saturated rings. The smallest absolute Gasteiger partial charge is 0.129 e. The molecule has 1 aromatic rings. The maximum atomic E-state index is 13.4. The molecule has 0 bridgehead atoms. The molecule has 0 spiro atoms. The molecular formula is C11H13F2N. The normalized spacial score (nSPS) is 15.9. The van der Waals surface area contributed by atoms with E-state index >= 15 is 0 Å². The molecule has 0 aromatic heterocycles. The molecule has 1 aliphatic rings. The summed E-state index contributed by atoms with van der Waals surface area (Å²) in [6.07, 6.45) is 3.01. The molecule has 1 saturated carbocycles. The zero-order valence-corrected chi connectivity index (χ0v) is 7.89. The summed E-state index contributed by atoms with van der Waals surface area (Å²) in [5.41, 5.74) is 6.66. The first-order chi connectivity index (χ1) is 6.70. The Morgan fingerprint density at radius 1 is 1.29 bits per heavy atom. The maximum absolute atomic E-state index is 13.4. The molecule has 3 heteroatoms. The summed E-state index contributed by atoms with van der Waals surface area (Å²) in [4.78, 5) is 0. The Labute approximate surface area is 81.9 Å². The van der Waals surface area contributed by atoms with E-state index in [2.05, 4.69) is 0 Å². The zero-order valence-electron chi connectivity index (χ0n) is 7.89. The first-order valence-electron chi connectivity index (χ1n) is 4.87. The molecular weight excluding hydrogens is 184 g/mol. The Kier molecular flexibility index (Phi) is 2.50. The van der Waals surface area contributed by atoms with Gasteiger partial charge in [-0.05, 0) is 42.4 Å². The molecule has 0 atom stereocenters. The SMILES string of the molecule is NCc1cc(F)cc(F)c1CC1CC1. The first-order valence-corrected chi connectivity index (χ1v) is 4.87. The van der Waals surface area contributed by atoms with Gasteiger partial charge in [-0.1, -0.05) is 0 Å². The van der Waals surface area contributed by atoms with E-state index in [1.807, 2.05) is 0 Å². The van der Waals surface area contributed by atoms with Crippen LogP contribution in [0.4, 0.5) is 8.78 Å². The minimum atomic E-state index is -0.539. The van der Waals surface area contributed by atoms with Gasteiger partial charge >= 0.3 is 0 Å². The standard InChI is InChI=1S/C11H13F2N/c12-9-4-8(6-14)10(11(13)5-9)3-7-1-2-7/h4-5,7H,1-3,6,14H2. The summed E-state index contributed by atoms with van der Waals surface area (Å²) < 4.78 is 26.2. The highest BCUT2D eigenvalue weighted by Gasteiger charge is 2.24. The third kappa shape index (κ3) is 1.93. The van der Waals surface area contributed by atoms with Gasteiger partial charge in [-0.15, -0.1) is 0 Å². The summed E-state index contributed by atoms with van der Waals surface area (Å²) >= 11 is 0. The van der Waals surface area contributed by atoms with Crippen LogP contribution in [0, 0.1) is 17.6 Å². The molecule has 0 unspecified atom stereocenters. The van der Waals surface area contributed by atoms with E-state index in [1.54, 1.807) is 0 Å². The van der Waals surface area contributed by atoms with Gasteiger partial charge in [0.2, 0.25) is 0 Å². The van der Waals surface area contributed by atoms with Crippen molar-refractivity contribution in [1.82, 2.24) is 0 Å². The Bertz CT molecular complexity index is 345. The molecule has 0 aliphatic heterocycles. The molecule has 76 valence electrons. The van der Waals surface area contributed by atoms with E-state index in [-0.39, 0.29) is 6.54 Å². The minimum Gasteiger partial charge on any atom is -0.326 e. The van der Waals surface area contributed by atoms with Gasteiger partial charge in [0.1, 0.15) is 11.6 Å². The third-order valence-electron chi connectivity index (χ3n) is 2.66. The second kappa shape index (κ2) is 3.65. The first kappa shape index (κ1) is 9.59. The number of rotatable bonds is 3. The lowest BCUT2D eigenvalue weighted by Crippen LogP contribution is -2.06. The van der Waals surface area contributed by atoms with E-state index in [1.165, 1.54) is 6.07 Å². The highest BCUT2D eigenvalue weighted by molar-refractivity contribution is 5.30. The second-order valence-corrected chi connectivity index (χ2v) is 3.88. The van der Waals surface area contributed by atoms with Gasteiger partial charge in [-0.25, -0.2) is 8.78 Å². The van der Waals surface area contributed by atoms with Crippen molar-refractivity contribution in [3.8, 4) is 0 Å². The Balaban J connectivity index is 2.33. The van der Waals surface area contributed by atoms with Crippen molar-refractivity contribution in [3.05, 3.63) is 34.9 Å². The number of halogens is 2. The van der Waals surface area contributed by atoms with Crippen LogP contribution in [0.2, 0.25) is 0 Å². The quantitative estimate of drug-likeness (QED) is 0.791. The van der Waals surface area contributed by atoms with Crippen LogP contribution in [0.5, 0.6) is 0 Å². The summed E-state index contributed by atoms with van der Waals surface area (Å²) in [6, 6.07) is 2.28. The van der Waals surface area contributed by atoms with E-state index < -0.39 is 11.6 Å². The minimum absolute atomic E-state index is 0.205. The molecule has 0 saturated heterocycles. The van der Waals surface area contributed by atoms with Gasteiger partial charge in [0.05, 0.1) is 0 Å². The van der Waals surface area contributed by atoms with Crippen LogP contribution in [0.25, 0.3) is 0 Å². The topological polar surface area (TPSA) is 26.0 Å². The van der Waals surface area contributed by atoms with Crippen LogP contribution in [-0.4, -0.2) is 0 Å². The van der Waals surface area contributed by atoms with Crippen LogP contribution in [-0.2, 0) is 13.0 Å². The lowest BCUT2D eigenvalue weighted by molar-refractivity contribution is 0.562. The van der Waals surface area contributed by atoms with Gasteiger partial charge < -0.3 is 5.73 Å². The second-order valence-electron chi connectivity index (χ2n) is 3.88. The average Bonchev–Trinajstić information content (AvgIpc) is 2.93. The molecule has 1 nitrogen and oxygen atoms in total. The van der Waals surface area contributed by atoms with Gasteiger partial charge in [0.25, 0.3) is 0 Å². The van der Waals surface area contributed by atoms with Crippen molar-refractivity contribution in [2.75, 3.05) is 0 Å². The van der Waals surface area contributed by atoms with Gasteiger partial charge in [-0.3, -0.25) is 0 Å². The molecule has 1 aliphatic carbocycles. The van der Waals surface area contributed by atoms with Crippen LogP contribution >= 0.6 is 0 Å². The van der Waals surface area contributed by atoms with Gasteiger partial charge in [0.15, 0.2) is 0 Å². The monoisotopic (exact) mass is 197 g/mol. The van der Waals surface area contributed by atoms with Crippen molar-refractivity contribution in [3.63, 3.8) is 0 Å². The van der Waals surface area contributed by atoms with Gasteiger partial charge in [-0.2, -0.15) is 0 Å². The van der Waals surface area contributed by atoms with Gasteiger partial charge in [0, 0.05) is 12.6 Å². The predicted molar refractivity (Wildman–Crippen MR) is 50.7 cm³/mol. The maximum Gasteiger partial charge on any atom is 0.129 e. The molecule has 2 N–H and O–H groups in total. The molecule has 0 radical (unpaired) electrons. The Morgan fingerprint density at radius 2 is 2.00 bits per heavy atom. The summed E-state index contributed by atoms with van der Waals surface area (Å²) in [6.45, 7) is 0.205. The number of hydrogen-bond donors (Lipinski definition) is 1. The van der Waals surface area contributed by atoms with Crippen LogP contribution in [0.1, 0.15) is 24.0 Å². The molecule has 0 heterocycles. The fraction of sp³-hybridized carbons (Fsp3) is 0.455. The average molecular weight is 197 g/mol. The molecule has 14 heavy (non-hydrogen) atoms. The fourth-order valence-corrected chi connectivity index (χ4v) is 1.68. The van der Waals surface area contributed by atoms with Crippen molar-refractivity contribution in [2.45, 2.75) is 25.8 Å². The third-order valence-corrected chi connectivity index (χ3v) is 2.66. The summed E-state index contributed by atoms with van der Waals surface area (Å²) in [5, 5.41) is 0. The Hall–Kier alpha value is -0.960. The van der Waals surface area contributed by atoms with E-state index in [0.29, 0.717) is 23.5 Å². The van der Waals surface area contributed by atoms with Crippen LogP contribution < -0.4 is 5.73 Å². The van der Waals surface area contributed by atoms with E-state index in [9.17, 15) is 8.78 Å². The molecule has 0 amide bonds. The zero-order chi connectivity index (χ0) is 10.1. The highest BCUT2D eigenvalue weighted by atomic mass is 19.1. The largest absolute Gasteiger partial charge is 0.326 e. The van der Waals surface area contributed by atoms with E-state index in [4.69, 9.17) is 5.73 Å². The fourth-order valence-electron chi connectivity index (χ4n) is 1.68. The van der Waals surface area contributed by atoms with E-state index in [0.717, 1.165) is 18.9 Å². The van der Waals surface area contributed by atoms with Crippen molar-refractivity contribution in [2.24, 2.45) is 11.7 Å². The summed E-state index contributed by atoms with van der Waals surface area (Å²) in [7, 11) is 0. The van der Waals surface area contributed by atoms with Crippen LogP contribution in [0.3, 0.4) is 0 Å². The van der Waals surface area contributed by atoms with Crippen molar-refractivity contribution < 1.29 is 8.78 Å². The number of nitrogens with two attached hydrogens (primary N) is 1. The number of benzene rings is 1. The molecule has 1 aromatic carbocycles. The van der Waals surface area contributed by atoms with Crippen molar-refractivity contribution in [1.29, 1.82) is 0 Å². The molecule has 2 rings (SSSR count).